The predicted octanol–water partition coefficient (Wildman–Crippen LogP) is 2.49. The second kappa shape index (κ2) is 6.49. The van der Waals surface area contributed by atoms with E-state index in [1.165, 1.54) is 38.9 Å². The Morgan fingerprint density at radius 1 is 1.27 bits per heavy atom. The van der Waals surface area contributed by atoms with Gasteiger partial charge in [-0.1, -0.05) is 13.8 Å². The largest absolute Gasteiger partial charge is 0.314 e. The summed E-state index contributed by atoms with van der Waals surface area (Å²) < 4.78 is 0. The smallest absolute Gasteiger partial charge is 0.00791 e. The van der Waals surface area contributed by atoms with Gasteiger partial charge in [-0.05, 0) is 58.7 Å². The molecule has 0 radical (unpaired) electrons. The Morgan fingerprint density at radius 2 is 2.00 bits per heavy atom. The van der Waals surface area contributed by atoms with Crippen molar-refractivity contribution >= 4 is 0 Å². The molecule has 15 heavy (non-hydrogen) atoms. The number of likely N-dealkylation sites (tertiary alicyclic amines) is 1. The van der Waals surface area contributed by atoms with Gasteiger partial charge in [0.1, 0.15) is 0 Å². The van der Waals surface area contributed by atoms with Crippen LogP contribution in [-0.2, 0) is 0 Å². The zero-order valence-electron chi connectivity index (χ0n) is 10.9. The second-order valence-electron chi connectivity index (χ2n) is 5.50. The van der Waals surface area contributed by atoms with Crippen molar-refractivity contribution in [2.24, 2.45) is 5.92 Å². The molecule has 1 rings (SSSR count). The van der Waals surface area contributed by atoms with Crippen molar-refractivity contribution in [3.63, 3.8) is 0 Å². The average molecular weight is 212 g/mol. The zero-order valence-corrected chi connectivity index (χ0v) is 10.9. The van der Waals surface area contributed by atoms with Crippen LogP contribution in [0.1, 0.15) is 47.0 Å². The van der Waals surface area contributed by atoms with E-state index in [0.29, 0.717) is 6.04 Å². The third kappa shape index (κ3) is 4.98. The molecule has 0 amide bonds. The highest BCUT2D eigenvalue weighted by Gasteiger charge is 2.22. The molecule has 1 fully saturated rings. The average Bonchev–Trinajstić information content (AvgIpc) is 2.15. The van der Waals surface area contributed by atoms with Gasteiger partial charge in [0.2, 0.25) is 0 Å². The van der Waals surface area contributed by atoms with Gasteiger partial charge in [0.15, 0.2) is 0 Å². The fraction of sp³-hybridized carbons (Fsp3) is 1.00. The molecule has 0 aromatic rings. The highest BCUT2D eigenvalue weighted by atomic mass is 15.2. The molecule has 0 saturated carbocycles. The summed E-state index contributed by atoms with van der Waals surface area (Å²) in [6.45, 7) is 13.0. The summed E-state index contributed by atoms with van der Waals surface area (Å²) in [5, 5.41) is 3.61. The van der Waals surface area contributed by atoms with Gasteiger partial charge in [0.05, 0.1) is 0 Å². The molecule has 1 aliphatic heterocycles. The molecule has 2 heteroatoms. The van der Waals surface area contributed by atoms with Gasteiger partial charge in [-0.2, -0.15) is 0 Å². The molecule has 1 N–H and O–H groups in total. The van der Waals surface area contributed by atoms with Gasteiger partial charge in [-0.25, -0.2) is 0 Å². The maximum Gasteiger partial charge on any atom is 0.00791 e. The SMILES string of the molecule is CC(C)CCN[C@H](C)CCN1CC[C@H]1C. The first-order chi connectivity index (χ1) is 7.09. The van der Waals surface area contributed by atoms with Crippen molar-refractivity contribution in [2.45, 2.75) is 59.0 Å². The summed E-state index contributed by atoms with van der Waals surface area (Å²) in [5.74, 6) is 0.820. The van der Waals surface area contributed by atoms with Crippen molar-refractivity contribution in [2.75, 3.05) is 19.6 Å². The molecule has 0 aliphatic carbocycles. The predicted molar refractivity (Wildman–Crippen MR) is 67.2 cm³/mol. The summed E-state index contributed by atoms with van der Waals surface area (Å²) in [6.07, 6.45) is 3.99. The van der Waals surface area contributed by atoms with Crippen molar-refractivity contribution in [3.05, 3.63) is 0 Å². The molecule has 90 valence electrons. The van der Waals surface area contributed by atoms with E-state index in [0.717, 1.165) is 12.0 Å². The van der Waals surface area contributed by atoms with Gasteiger partial charge >= 0.3 is 0 Å². The summed E-state index contributed by atoms with van der Waals surface area (Å²) in [6, 6.07) is 1.52. The number of rotatable bonds is 7. The standard InChI is InChI=1S/C13H28N2/c1-11(2)5-8-14-12(3)6-9-15-10-7-13(15)4/h11-14H,5-10H2,1-4H3/t12-,13-/m1/s1. The van der Waals surface area contributed by atoms with E-state index in [9.17, 15) is 0 Å². The first-order valence-electron chi connectivity index (χ1n) is 6.57. The van der Waals surface area contributed by atoms with E-state index in [1.807, 2.05) is 0 Å². The van der Waals surface area contributed by atoms with Crippen LogP contribution in [0.25, 0.3) is 0 Å². The van der Waals surface area contributed by atoms with E-state index < -0.39 is 0 Å². The maximum atomic E-state index is 3.61. The topological polar surface area (TPSA) is 15.3 Å². The van der Waals surface area contributed by atoms with Crippen LogP contribution in [0.3, 0.4) is 0 Å². The monoisotopic (exact) mass is 212 g/mol. The molecule has 1 heterocycles. The molecule has 0 aromatic heterocycles. The molecule has 0 bridgehead atoms. The molecule has 2 nitrogen and oxygen atoms in total. The Balaban J connectivity index is 1.96. The van der Waals surface area contributed by atoms with Crippen LogP contribution in [0.4, 0.5) is 0 Å². The summed E-state index contributed by atoms with van der Waals surface area (Å²) >= 11 is 0. The first kappa shape index (κ1) is 13.0. The number of nitrogens with one attached hydrogen (secondary N) is 1. The highest BCUT2D eigenvalue weighted by Crippen LogP contribution is 2.16. The Bertz CT molecular complexity index is 168. The summed E-state index contributed by atoms with van der Waals surface area (Å²) in [7, 11) is 0. The lowest BCUT2D eigenvalue weighted by Crippen LogP contribution is -2.47. The van der Waals surface area contributed by atoms with Crippen molar-refractivity contribution in [1.29, 1.82) is 0 Å². The molecule has 0 aromatic carbocycles. The Morgan fingerprint density at radius 3 is 2.47 bits per heavy atom. The van der Waals surface area contributed by atoms with Crippen molar-refractivity contribution in [3.8, 4) is 0 Å². The minimum Gasteiger partial charge on any atom is -0.314 e. The van der Waals surface area contributed by atoms with Crippen LogP contribution in [0.2, 0.25) is 0 Å². The maximum absolute atomic E-state index is 3.61. The fourth-order valence-corrected chi connectivity index (χ4v) is 1.98. The highest BCUT2D eigenvalue weighted by molar-refractivity contribution is 4.79. The Hall–Kier alpha value is -0.0800. The summed E-state index contributed by atoms with van der Waals surface area (Å²) in [4.78, 5) is 2.58. The zero-order chi connectivity index (χ0) is 11.3. The van der Waals surface area contributed by atoms with Crippen LogP contribution in [0.5, 0.6) is 0 Å². The number of nitrogens with zero attached hydrogens (tertiary/aromatic N) is 1. The lowest BCUT2D eigenvalue weighted by molar-refractivity contribution is 0.0997. The van der Waals surface area contributed by atoms with Gasteiger partial charge < -0.3 is 10.2 Å². The van der Waals surface area contributed by atoms with E-state index in [-0.39, 0.29) is 0 Å². The summed E-state index contributed by atoms with van der Waals surface area (Å²) in [5.41, 5.74) is 0. The van der Waals surface area contributed by atoms with Gasteiger partial charge in [-0.15, -0.1) is 0 Å². The van der Waals surface area contributed by atoms with Crippen LogP contribution in [-0.4, -0.2) is 36.6 Å². The normalized spacial score (nSPS) is 24.2. The minimum absolute atomic E-state index is 0.677. The lowest BCUT2D eigenvalue weighted by atomic mass is 10.0. The molecular weight excluding hydrogens is 184 g/mol. The molecule has 0 spiro atoms. The van der Waals surface area contributed by atoms with Crippen LogP contribution < -0.4 is 5.32 Å². The van der Waals surface area contributed by atoms with Crippen molar-refractivity contribution in [1.82, 2.24) is 10.2 Å². The van der Waals surface area contributed by atoms with Crippen LogP contribution in [0, 0.1) is 5.92 Å². The van der Waals surface area contributed by atoms with Gasteiger partial charge in [0, 0.05) is 12.1 Å². The van der Waals surface area contributed by atoms with Crippen LogP contribution >= 0.6 is 0 Å². The number of hydrogen-bond acceptors (Lipinski definition) is 2. The third-order valence-corrected chi connectivity index (χ3v) is 3.52. The van der Waals surface area contributed by atoms with E-state index in [1.54, 1.807) is 0 Å². The van der Waals surface area contributed by atoms with E-state index in [4.69, 9.17) is 0 Å². The molecule has 1 aliphatic rings. The molecule has 0 unspecified atom stereocenters. The minimum atomic E-state index is 0.677. The molecular formula is C13H28N2. The third-order valence-electron chi connectivity index (χ3n) is 3.52. The Kier molecular flexibility index (Phi) is 5.62. The number of hydrogen-bond donors (Lipinski definition) is 1. The van der Waals surface area contributed by atoms with Crippen molar-refractivity contribution < 1.29 is 0 Å². The first-order valence-corrected chi connectivity index (χ1v) is 6.57. The quantitative estimate of drug-likeness (QED) is 0.697. The van der Waals surface area contributed by atoms with E-state index in [2.05, 4.69) is 37.9 Å². The second-order valence-corrected chi connectivity index (χ2v) is 5.50. The fourth-order valence-electron chi connectivity index (χ4n) is 1.98. The molecule has 1 saturated heterocycles. The Labute approximate surface area is 95.4 Å². The van der Waals surface area contributed by atoms with E-state index >= 15 is 0 Å². The molecule has 2 atom stereocenters. The van der Waals surface area contributed by atoms with Crippen LogP contribution in [0.15, 0.2) is 0 Å². The van der Waals surface area contributed by atoms with Gasteiger partial charge in [-0.3, -0.25) is 0 Å². The van der Waals surface area contributed by atoms with Gasteiger partial charge in [0.25, 0.3) is 0 Å². The lowest BCUT2D eigenvalue weighted by Gasteiger charge is -2.39.